The summed E-state index contributed by atoms with van der Waals surface area (Å²) in [6.07, 6.45) is 6.70. The van der Waals surface area contributed by atoms with E-state index in [1.54, 1.807) is 0 Å². The Morgan fingerprint density at radius 2 is 2.00 bits per heavy atom. The summed E-state index contributed by atoms with van der Waals surface area (Å²) in [5, 5.41) is 0. The summed E-state index contributed by atoms with van der Waals surface area (Å²) in [6, 6.07) is 8.83. The highest BCUT2D eigenvalue weighted by Crippen LogP contribution is 2.32. The van der Waals surface area contributed by atoms with Gasteiger partial charge in [0.25, 0.3) is 0 Å². The molecule has 0 radical (unpaired) electrons. The van der Waals surface area contributed by atoms with Gasteiger partial charge in [-0.2, -0.15) is 0 Å². The van der Waals surface area contributed by atoms with Gasteiger partial charge in [0.1, 0.15) is 0 Å². The van der Waals surface area contributed by atoms with Crippen molar-refractivity contribution >= 4 is 5.69 Å². The minimum absolute atomic E-state index is 0.206. The number of hydrogen-bond acceptors (Lipinski definition) is 2. The zero-order valence-corrected chi connectivity index (χ0v) is 11.0. The van der Waals surface area contributed by atoms with Crippen LogP contribution >= 0.6 is 0 Å². The Morgan fingerprint density at radius 3 is 2.65 bits per heavy atom. The Kier molecular flexibility index (Phi) is 4.06. The lowest BCUT2D eigenvalue weighted by molar-refractivity contribution is 0.451. The van der Waals surface area contributed by atoms with E-state index in [0.29, 0.717) is 0 Å². The van der Waals surface area contributed by atoms with E-state index in [2.05, 4.69) is 43.3 Å². The number of rotatable bonds is 4. The summed E-state index contributed by atoms with van der Waals surface area (Å²) in [4.78, 5) is 2.13. The van der Waals surface area contributed by atoms with Gasteiger partial charge in [0.2, 0.25) is 0 Å². The third-order valence-electron chi connectivity index (χ3n) is 3.88. The Bertz CT molecular complexity index is 354. The number of anilines is 1. The summed E-state index contributed by atoms with van der Waals surface area (Å²) in [6.45, 7) is 0. The van der Waals surface area contributed by atoms with Crippen molar-refractivity contribution in [2.75, 3.05) is 19.0 Å². The second-order valence-corrected chi connectivity index (χ2v) is 5.48. The molecule has 0 aliphatic heterocycles. The van der Waals surface area contributed by atoms with E-state index >= 15 is 0 Å². The summed E-state index contributed by atoms with van der Waals surface area (Å²) in [5.41, 5.74) is 8.85. The Hall–Kier alpha value is -1.02. The molecule has 0 heterocycles. The highest BCUT2D eigenvalue weighted by atomic mass is 15.1. The predicted octanol–water partition coefficient (Wildman–Crippen LogP) is 3.33. The van der Waals surface area contributed by atoms with E-state index in [1.807, 2.05) is 0 Å². The van der Waals surface area contributed by atoms with Crippen LogP contribution in [0.3, 0.4) is 0 Å². The van der Waals surface area contributed by atoms with Crippen LogP contribution < -0.4 is 10.6 Å². The molecule has 2 rings (SSSR count). The van der Waals surface area contributed by atoms with Crippen LogP contribution in [0.1, 0.15) is 43.7 Å². The maximum Gasteiger partial charge on any atom is 0.0364 e. The van der Waals surface area contributed by atoms with Crippen LogP contribution in [-0.4, -0.2) is 14.1 Å². The smallest absolute Gasteiger partial charge is 0.0364 e. The van der Waals surface area contributed by atoms with Crippen LogP contribution in [0.4, 0.5) is 5.69 Å². The number of nitrogens with zero attached hydrogens (tertiary/aromatic N) is 1. The Labute approximate surface area is 105 Å². The molecule has 1 saturated carbocycles. The molecule has 0 amide bonds. The molecule has 2 heteroatoms. The first-order valence-electron chi connectivity index (χ1n) is 6.69. The molecule has 0 aromatic heterocycles. The van der Waals surface area contributed by atoms with Crippen LogP contribution in [0.15, 0.2) is 24.3 Å². The normalized spacial score (nSPS) is 18.3. The number of benzene rings is 1. The molecule has 1 unspecified atom stereocenters. The van der Waals surface area contributed by atoms with Crippen molar-refractivity contribution in [1.82, 2.24) is 0 Å². The van der Waals surface area contributed by atoms with Crippen molar-refractivity contribution in [1.29, 1.82) is 0 Å². The lowest BCUT2D eigenvalue weighted by Gasteiger charge is -2.19. The first kappa shape index (κ1) is 12.4. The molecule has 0 bridgehead atoms. The van der Waals surface area contributed by atoms with E-state index in [-0.39, 0.29) is 6.04 Å². The number of nitrogens with two attached hydrogens (primary N) is 1. The summed E-state index contributed by atoms with van der Waals surface area (Å²) < 4.78 is 0. The summed E-state index contributed by atoms with van der Waals surface area (Å²) >= 11 is 0. The third-order valence-corrected chi connectivity index (χ3v) is 3.88. The quantitative estimate of drug-likeness (QED) is 0.862. The summed E-state index contributed by atoms with van der Waals surface area (Å²) in [7, 11) is 4.14. The van der Waals surface area contributed by atoms with Crippen LogP contribution in [0.25, 0.3) is 0 Å². The van der Waals surface area contributed by atoms with E-state index in [1.165, 1.54) is 36.9 Å². The van der Waals surface area contributed by atoms with Crippen LogP contribution in [0, 0.1) is 5.92 Å². The largest absolute Gasteiger partial charge is 0.378 e. The van der Waals surface area contributed by atoms with Gasteiger partial charge in [-0.15, -0.1) is 0 Å². The van der Waals surface area contributed by atoms with Crippen molar-refractivity contribution in [2.24, 2.45) is 11.7 Å². The summed E-state index contributed by atoms with van der Waals surface area (Å²) in [5.74, 6) is 0.855. The maximum absolute atomic E-state index is 6.33. The van der Waals surface area contributed by atoms with E-state index in [9.17, 15) is 0 Å². The van der Waals surface area contributed by atoms with Gasteiger partial charge in [-0.1, -0.05) is 37.8 Å². The maximum atomic E-state index is 6.33. The van der Waals surface area contributed by atoms with E-state index in [4.69, 9.17) is 5.73 Å². The predicted molar refractivity (Wildman–Crippen MR) is 74.3 cm³/mol. The molecule has 1 aliphatic carbocycles. The zero-order chi connectivity index (χ0) is 12.3. The molecular weight excluding hydrogens is 208 g/mol. The Balaban J connectivity index is 2.02. The van der Waals surface area contributed by atoms with Crippen molar-refractivity contribution in [3.63, 3.8) is 0 Å². The fourth-order valence-corrected chi connectivity index (χ4v) is 2.77. The van der Waals surface area contributed by atoms with E-state index < -0.39 is 0 Å². The van der Waals surface area contributed by atoms with Crippen molar-refractivity contribution in [3.05, 3.63) is 29.8 Å². The third kappa shape index (κ3) is 3.22. The molecule has 17 heavy (non-hydrogen) atoms. The molecule has 0 saturated heterocycles. The van der Waals surface area contributed by atoms with Crippen LogP contribution in [-0.2, 0) is 0 Å². The topological polar surface area (TPSA) is 29.3 Å². The fraction of sp³-hybridized carbons (Fsp3) is 0.600. The molecule has 2 N–H and O–H groups in total. The monoisotopic (exact) mass is 232 g/mol. The zero-order valence-electron chi connectivity index (χ0n) is 11.0. The van der Waals surface area contributed by atoms with Gasteiger partial charge in [-0.3, -0.25) is 0 Å². The second-order valence-electron chi connectivity index (χ2n) is 5.48. The van der Waals surface area contributed by atoms with Crippen LogP contribution in [0.2, 0.25) is 0 Å². The van der Waals surface area contributed by atoms with Gasteiger partial charge in [-0.05, 0) is 30.0 Å². The molecular formula is C15H24N2. The Morgan fingerprint density at radius 1 is 1.29 bits per heavy atom. The highest BCUT2D eigenvalue weighted by Gasteiger charge is 2.19. The molecule has 0 spiro atoms. The first-order chi connectivity index (χ1) is 8.16. The number of hydrogen-bond donors (Lipinski definition) is 1. The lowest BCUT2D eigenvalue weighted by Crippen LogP contribution is -2.15. The minimum atomic E-state index is 0.206. The molecule has 1 atom stereocenters. The van der Waals surface area contributed by atoms with Gasteiger partial charge in [0.05, 0.1) is 0 Å². The highest BCUT2D eigenvalue weighted by molar-refractivity contribution is 5.47. The first-order valence-corrected chi connectivity index (χ1v) is 6.69. The van der Waals surface area contributed by atoms with Crippen molar-refractivity contribution in [3.8, 4) is 0 Å². The molecule has 1 aliphatic rings. The molecule has 1 aromatic rings. The molecule has 2 nitrogen and oxygen atoms in total. The van der Waals surface area contributed by atoms with Gasteiger partial charge in [0.15, 0.2) is 0 Å². The van der Waals surface area contributed by atoms with Gasteiger partial charge in [-0.25, -0.2) is 0 Å². The second kappa shape index (κ2) is 5.54. The molecule has 94 valence electrons. The SMILES string of the molecule is CN(C)c1cccc(C(N)CC2CCCC2)c1. The van der Waals surface area contributed by atoms with E-state index in [0.717, 1.165) is 12.3 Å². The van der Waals surface area contributed by atoms with Gasteiger partial charge in [0, 0.05) is 25.8 Å². The van der Waals surface area contributed by atoms with Crippen molar-refractivity contribution < 1.29 is 0 Å². The lowest BCUT2D eigenvalue weighted by atomic mass is 9.94. The minimum Gasteiger partial charge on any atom is -0.378 e. The fourth-order valence-electron chi connectivity index (χ4n) is 2.77. The molecule has 1 fully saturated rings. The van der Waals surface area contributed by atoms with Gasteiger partial charge < -0.3 is 10.6 Å². The average molecular weight is 232 g/mol. The van der Waals surface area contributed by atoms with Gasteiger partial charge >= 0.3 is 0 Å². The average Bonchev–Trinajstić information content (AvgIpc) is 2.82. The standard InChI is InChI=1S/C15H24N2/c1-17(2)14-9-5-8-13(11-14)15(16)10-12-6-3-4-7-12/h5,8-9,11-12,15H,3-4,6-7,10,16H2,1-2H3. The van der Waals surface area contributed by atoms with Crippen molar-refractivity contribution in [2.45, 2.75) is 38.1 Å². The molecule has 1 aromatic carbocycles. The van der Waals surface area contributed by atoms with Crippen LogP contribution in [0.5, 0.6) is 0 Å².